The lowest BCUT2D eigenvalue weighted by Crippen LogP contribution is -1.87. The minimum atomic E-state index is 0.102. The molecule has 0 fully saturated rings. The Morgan fingerprint density at radius 3 is 2.87 bits per heavy atom. The van der Waals surface area contributed by atoms with Crippen molar-refractivity contribution in [2.24, 2.45) is 10.2 Å². The summed E-state index contributed by atoms with van der Waals surface area (Å²) < 4.78 is 5.08. The minimum absolute atomic E-state index is 0.102. The number of nitrogens with zero attached hydrogens (tertiary/aromatic N) is 3. The van der Waals surface area contributed by atoms with Gasteiger partial charge in [-0.05, 0) is 42.0 Å². The van der Waals surface area contributed by atoms with Gasteiger partial charge in [0.05, 0.1) is 24.9 Å². The molecule has 0 bridgehead atoms. The summed E-state index contributed by atoms with van der Waals surface area (Å²) >= 11 is 5.97. The maximum atomic E-state index is 9.58. The first-order valence-electron chi connectivity index (χ1n) is 6.95. The molecule has 3 rings (SSSR count). The fraction of sp³-hybridized carbons (Fsp3) is 0.118. The zero-order chi connectivity index (χ0) is 16.2. The normalized spacial score (nSPS) is 11.2. The molecule has 3 aromatic rings. The van der Waals surface area contributed by atoms with Crippen molar-refractivity contribution in [2.75, 3.05) is 7.11 Å². The van der Waals surface area contributed by atoms with E-state index < -0.39 is 0 Å². The number of halogens is 1. The first-order valence-corrected chi connectivity index (χ1v) is 7.33. The van der Waals surface area contributed by atoms with Gasteiger partial charge in [-0.3, -0.25) is 4.98 Å². The molecular weight excluding hydrogens is 314 g/mol. The highest BCUT2D eigenvalue weighted by Crippen LogP contribution is 2.28. The quantitative estimate of drug-likeness (QED) is 0.694. The number of fused-ring (bicyclic) bond motifs is 1. The van der Waals surface area contributed by atoms with Gasteiger partial charge in [-0.2, -0.15) is 10.2 Å². The van der Waals surface area contributed by atoms with Gasteiger partial charge in [-0.25, -0.2) is 0 Å². The van der Waals surface area contributed by atoms with Crippen LogP contribution < -0.4 is 4.74 Å². The molecule has 0 unspecified atom stereocenters. The average Bonchev–Trinajstić information content (AvgIpc) is 2.56. The van der Waals surface area contributed by atoms with Gasteiger partial charge in [0.2, 0.25) is 0 Å². The topological polar surface area (TPSA) is 67.1 Å². The Morgan fingerprint density at radius 1 is 1.17 bits per heavy atom. The van der Waals surface area contributed by atoms with Crippen LogP contribution in [-0.4, -0.2) is 17.2 Å². The summed E-state index contributed by atoms with van der Waals surface area (Å²) in [5.41, 5.74) is 2.41. The minimum Gasteiger partial charge on any atom is -0.504 e. The number of pyridine rings is 1. The van der Waals surface area contributed by atoms with Crippen LogP contribution in [0.15, 0.2) is 58.9 Å². The fourth-order valence-electron chi connectivity index (χ4n) is 2.21. The summed E-state index contributed by atoms with van der Waals surface area (Å²) in [6.45, 7) is 0.383. The highest BCUT2D eigenvalue weighted by Gasteiger charge is 2.03. The van der Waals surface area contributed by atoms with Crippen LogP contribution in [0.1, 0.15) is 5.56 Å². The van der Waals surface area contributed by atoms with Crippen LogP contribution in [0.4, 0.5) is 5.69 Å². The fourth-order valence-corrected chi connectivity index (χ4v) is 2.37. The molecule has 0 aliphatic rings. The Bertz CT molecular complexity index is 881. The van der Waals surface area contributed by atoms with E-state index in [1.807, 2.05) is 6.07 Å². The van der Waals surface area contributed by atoms with Gasteiger partial charge in [0, 0.05) is 16.6 Å². The van der Waals surface area contributed by atoms with E-state index in [4.69, 9.17) is 16.3 Å². The molecule has 0 atom stereocenters. The lowest BCUT2D eigenvalue weighted by Gasteiger charge is -2.04. The van der Waals surface area contributed by atoms with Crippen molar-refractivity contribution in [3.63, 3.8) is 0 Å². The van der Waals surface area contributed by atoms with E-state index in [2.05, 4.69) is 15.2 Å². The molecule has 1 heterocycles. The predicted molar refractivity (Wildman–Crippen MR) is 89.6 cm³/mol. The Balaban J connectivity index is 1.83. The van der Waals surface area contributed by atoms with Crippen LogP contribution in [0.2, 0.25) is 5.02 Å². The van der Waals surface area contributed by atoms with Gasteiger partial charge in [-0.1, -0.05) is 17.7 Å². The monoisotopic (exact) mass is 327 g/mol. The first kappa shape index (κ1) is 15.2. The Labute approximate surface area is 138 Å². The van der Waals surface area contributed by atoms with Crippen molar-refractivity contribution in [2.45, 2.75) is 6.54 Å². The van der Waals surface area contributed by atoms with E-state index in [9.17, 15) is 5.11 Å². The smallest absolute Gasteiger partial charge is 0.160 e. The van der Waals surface area contributed by atoms with Gasteiger partial charge < -0.3 is 9.84 Å². The molecule has 23 heavy (non-hydrogen) atoms. The zero-order valence-electron chi connectivity index (χ0n) is 12.4. The third-order valence-electron chi connectivity index (χ3n) is 3.36. The standard InChI is InChI=1S/C17H14ClN3O2/c1-23-17-8-11(2-5-16(17)22)10-20-21-14-6-7-19-15-9-12(18)3-4-13(14)15/h2-9,22H,10H2,1H3. The Morgan fingerprint density at radius 2 is 2.04 bits per heavy atom. The Hall–Kier alpha value is -2.66. The summed E-state index contributed by atoms with van der Waals surface area (Å²) in [5.74, 6) is 0.520. The van der Waals surface area contributed by atoms with Gasteiger partial charge in [-0.15, -0.1) is 0 Å². The van der Waals surface area contributed by atoms with Crippen molar-refractivity contribution >= 4 is 28.2 Å². The SMILES string of the molecule is COc1cc(CN=Nc2ccnc3cc(Cl)ccc23)ccc1O. The summed E-state index contributed by atoms with van der Waals surface area (Å²) in [6, 6.07) is 12.4. The van der Waals surface area contributed by atoms with Crippen molar-refractivity contribution in [3.8, 4) is 11.5 Å². The molecule has 0 aliphatic carbocycles. The number of benzene rings is 2. The van der Waals surface area contributed by atoms with Gasteiger partial charge in [0.15, 0.2) is 11.5 Å². The van der Waals surface area contributed by atoms with E-state index in [1.165, 1.54) is 7.11 Å². The van der Waals surface area contributed by atoms with E-state index in [1.54, 1.807) is 42.6 Å². The van der Waals surface area contributed by atoms with Gasteiger partial charge in [0.25, 0.3) is 0 Å². The molecule has 5 nitrogen and oxygen atoms in total. The van der Waals surface area contributed by atoms with E-state index >= 15 is 0 Å². The molecule has 0 aliphatic heterocycles. The van der Waals surface area contributed by atoms with Crippen molar-refractivity contribution in [1.29, 1.82) is 0 Å². The van der Waals surface area contributed by atoms with E-state index in [-0.39, 0.29) is 5.75 Å². The van der Waals surface area contributed by atoms with Crippen LogP contribution in [-0.2, 0) is 6.54 Å². The number of aromatic hydroxyl groups is 1. The predicted octanol–water partition coefficient (Wildman–Crippen LogP) is 4.89. The number of ether oxygens (including phenoxy) is 1. The van der Waals surface area contributed by atoms with Crippen LogP contribution in [0.5, 0.6) is 11.5 Å². The van der Waals surface area contributed by atoms with E-state index in [0.29, 0.717) is 17.3 Å². The molecule has 0 saturated carbocycles. The Kier molecular flexibility index (Phi) is 4.39. The third kappa shape index (κ3) is 3.40. The number of rotatable bonds is 4. The molecule has 1 aromatic heterocycles. The maximum Gasteiger partial charge on any atom is 0.160 e. The average molecular weight is 328 g/mol. The molecule has 0 saturated heterocycles. The van der Waals surface area contributed by atoms with Gasteiger partial charge >= 0.3 is 0 Å². The largest absolute Gasteiger partial charge is 0.504 e. The number of aromatic nitrogens is 1. The molecule has 6 heteroatoms. The van der Waals surface area contributed by atoms with E-state index in [0.717, 1.165) is 22.2 Å². The van der Waals surface area contributed by atoms with Crippen molar-refractivity contribution in [1.82, 2.24) is 4.98 Å². The molecule has 0 spiro atoms. The number of phenols is 1. The second kappa shape index (κ2) is 6.62. The summed E-state index contributed by atoms with van der Waals surface area (Å²) in [6.07, 6.45) is 1.68. The van der Waals surface area contributed by atoms with Crippen LogP contribution in [0, 0.1) is 0 Å². The molecule has 116 valence electrons. The van der Waals surface area contributed by atoms with Crippen LogP contribution in [0.3, 0.4) is 0 Å². The lowest BCUT2D eigenvalue weighted by molar-refractivity contribution is 0.373. The zero-order valence-corrected chi connectivity index (χ0v) is 13.2. The second-order valence-electron chi connectivity index (χ2n) is 4.90. The molecule has 2 aromatic carbocycles. The molecule has 0 amide bonds. The first-order chi connectivity index (χ1) is 11.2. The maximum absolute atomic E-state index is 9.58. The van der Waals surface area contributed by atoms with Crippen molar-refractivity contribution in [3.05, 3.63) is 59.2 Å². The number of phenolic OH excluding ortho intramolecular Hbond substituents is 1. The summed E-state index contributed by atoms with van der Waals surface area (Å²) in [4.78, 5) is 4.27. The number of hydrogen-bond acceptors (Lipinski definition) is 5. The second-order valence-corrected chi connectivity index (χ2v) is 5.33. The summed E-state index contributed by atoms with van der Waals surface area (Å²) in [7, 11) is 1.51. The van der Waals surface area contributed by atoms with Gasteiger partial charge in [0.1, 0.15) is 0 Å². The number of hydrogen-bond donors (Lipinski definition) is 1. The highest BCUT2D eigenvalue weighted by atomic mass is 35.5. The van der Waals surface area contributed by atoms with Crippen molar-refractivity contribution < 1.29 is 9.84 Å². The molecule has 1 N–H and O–H groups in total. The lowest BCUT2D eigenvalue weighted by atomic mass is 10.2. The highest BCUT2D eigenvalue weighted by molar-refractivity contribution is 6.31. The van der Waals surface area contributed by atoms with Crippen LogP contribution in [0.25, 0.3) is 10.9 Å². The third-order valence-corrected chi connectivity index (χ3v) is 3.59. The number of methoxy groups -OCH3 is 1. The van der Waals surface area contributed by atoms with Crippen LogP contribution >= 0.6 is 11.6 Å². The summed E-state index contributed by atoms with van der Waals surface area (Å²) in [5, 5.41) is 19.6. The molecular formula is C17H14ClN3O2. The molecule has 0 radical (unpaired) electrons. The number of azo groups is 1.